The third kappa shape index (κ3) is 3.43. The largest absolute Gasteiger partial charge is 0.474 e. The van der Waals surface area contributed by atoms with Crippen LogP contribution < -0.4 is 25.8 Å². The van der Waals surface area contributed by atoms with Crippen molar-refractivity contribution in [1.29, 1.82) is 0 Å². The number of benzene rings is 1. The van der Waals surface area contributed by atoms with E-state index in [0.29, 0.717) is 46.8 Å². The number of nitrogens with zero attached hydrogens (tertiary/aromatic N) is 2. The molecule has 1 amide bonds. The molecule has 1 saturated carbocycles. The van der Waals surface area contributed by atoms with Crippen molar-refractivity contribution in [2.24, 2.45) is 5.92 Å². The van der Waals surface area contributed by atoms with Gasteiger partial charge in [0.05, 0.1) is 5.69 Å². The zero-order valence-electron chi connectivity index (χ0n) is 17.9. The van der Waals surface area contributed by atoms with E-state index in [-0.39, 0.29) is 17.6 Å². The number of hydrogen-bond acceptors (Lipinski definition) is 7. The molecular weight excluding hydrogens is 413 g/mol. The summed E-state index contributed by atoms with van der Waals surface area (Å²) in [6.45, 7) is 5.14. The van der Waals surface area contributed by atoms with Gasteiger partial charge in [0.2, 0.25) is 11.8 Å². The van der Waals surface area contributed by atoms with Gasteiger partial charge in [0, 0.05) is 47.6 Å². The Labute approximate surface area is 184 Å². The predicted molar refractivity (Wildman–Crippen MR) is 119 cm³/mol. The van der Waals surface area contributed by atoms with E-state index in [1.165, 1.54) is 6.20 Å². The van der Waals surface area contributed by atoms with Gasteiger partial charge < -0.3 is 25.8 Å². The molecule has 3 heterocycles. The van der Waals surface area contributed by atoms with Gasteiger partial charge in [-0.3, -0.25) is 0 Å². The van der Waals surface area contributed by atoms with Crippen molar-refractivity contribution in [3.63, 3.8) is 0 Å². The third-order valence-electron chi connectivity index (χ3n) is 6.33. The number of ether oxygens (including phenoxy) is 2. The first-order valence-electron chi connectivity index (χ1n) is 10.6. The molecule has 166 valence electrons. The van der Waals surface area contributed by atoms with Crippen molar-refractivity contribution in [3.05, 3.63) is 35.9 Å². The summed E-state index contributed by atoms with van der Waals surface area (Å²) in [5.74, 6) is 0.504. The van der Waals surface area contributed by atoms with Crippen molar-refractivity contribution < 1.29 is 18.7 Å². The van der Waals surface area contributed by atoms with Gasteiger partial charge in [-0.15, -0.1) is 0 Å². The summed E-state index contributed by atoms with van der Waals surface area (Å²) < 4.78 is 26.2. The number of amides is 1. The highest BCUT2D eigenvalue weighted by atomic mass is 19.1. The number of anilines is 2. The maximum atomic E-state index is 15.2. The number of nitrogen functional groups attached to an aromatic ring is 1. The lowest BCUT2D eigenvalue weighted by Gasteiger charge is -2.33. The van der Waals surface area contributed by atoms with Crippen LogP contribution in [-0.4, -0.2) is 35.3 Å². The number of carbonyl (C=O) groups excluding carboxylic acids is 1. The molecule has 3 aromatic rings. The van der Waals surface area contributed by atoms with Gasteiger partial charge in [-0.05, 0) is 42.7 Å². The number of hydrogen-bond donors (Lipinski definition) is 3. The van der Waals surface area contributed by atoms with E-state index in [4.69, 9.17) is 15.2 Å². The van der Waals surface area contributed by atoms with Crippen molar-refractivity contribution in [1.82, 2.24) is 15.3 Å². The van der Waals surface area contributed by atoms with E-state index < -0.39 is 11.9 Å². The minimum absolute atomic E-state index is 0.0226. The summed E-state index contributed by atoms with van der Waals surface area (Å²) >= 11 is 0. The van der Waals surface area contributed by atoms with Gasteiger partial charge in [0.15, 0.2) is 5.82 Å². The molecule has 0 bridgehead atoms. The normalized spacial score (nSPS) is 19.3. The number of nitrogens with one attached hydrogen (secondary N) is 2. The fourth-order valence-corrected chi connectivity index (χ4v) is 4.18. The predicted octanol–water partition coefficient (Wildman–Crippen LogP) is 4.02. The first-order chi connectivity index (χ1) is 15.4. The van der Waals surface area contributed by atoms with Gasteiger partial charge >= 0.3 is 6.09 Å². The van der Waals surface area contributed by atoms with Crippen LogP contribution in [0.25, 0.3) is 21.9 Å². The number of nitrogens with two attached hydrogens (primary N) is 1. The van der Waals surface area contributed by atoms with Crippen LogP contribution in [0.2, 0.25) is 0 Å². The smallest absolute Gasteiger partial charge is 0.414 e. The maximum Gasteiger partial charge on any atom is 0.414 e. The number of fused-ring (bicyclic) bond motifs is 2. The average molecular weight is 437 g/mol. The van der Waals surface area contributed by atoms with Crippen LogP contribution >= 0.6 is 0 Å². The van der Waals surface area contributed by atoms with E-state index in [2.05, 4.69) is 27.5 Å². The Morgan fingerprint density at radius 3 is 2.88 bits per heavy atom. The Morgan fingerprint density at radius 2 is 2.12 bits per heavy atom. The lowest BCUT2D eigenvalue weighted by molar-refractivity contribution is 0.169. The molecule has 32 heavy (non-hydrogen) atoms. The van der Waals surface area contributed by atoms with Crippen LogP contribution in [0.5, 0.6) is 11.8 Å². The van der Waals surface area contributed by atoms with Crippen LogP contribution in [0.1, 0.15) is 25.3 Å². The van der Waals surface area contributed by atoms with Crippen molar-refractivity contribution in [2.45, 2.75) is 32.7 Å². The van der Waals surface area contributed by atoms with E-state index in [1.807, 2.05) is 6.92 Å². The van der Waals surface area contributed by atoms with Gasteiger partial charge in [-0.1, -0.05) is 6.92 Å². The number of halogens is 1. The van der Waals surface area contributed by atoms with Gasteiger partial charge in [-0.2, -0.15) is 0 Å². The lowest BCUT2D eigenvalue weighted by atomic mass is 9.81. The molecule has 9 heteroatoms. The molecule has 0 spiro atoms. The minimum atomic E-state index is -0.551. The SMILES string of the molecule is Cc1c(-c2cc3cc(OC(=O)NC4CCC4C)ncc3c(N)c2F)cnc2c1NCCO2. The number of pyridine rings is 2. The Kier molecular flexibility index (Phi) is 4.96. The molecule has 1 aromatic carbocycles. The van der Waals surface area contributed by atoms with Crippen molar-refractivity contribution in [3.8, 4) is 22.9 Å². The Balaban J connectivity index is 1.50. The quantitative estimate of drug-likeness (QED) is 0.531. The molecule has 2 aromatic heterocycles. The minimum Gasteiger partial charge on any atom is -0.474 e. The summed E-state index contributed by atoms with van der Waals surface area (Å²) in [6.07, 6.45) is 4.47. The highest BCUT2D eigenvalue weighted by molar-refractivity contribution is 5.98. The number of carbonyl (C=O) groups is 1. The summed E-state index contributed by atoms with van der Waals surface area (Å²) in [5.41, 5.74) is 8.55. The summed E-state index contributed by atoms with van der Waals surface area (Å²) in [4.78, 5) is 20.7. The molecule has 1 aliphatic carbocycles. The van der Waals surface area contributed by atoms with Crippen LogP contribution in [0.15, 0.2) is 24.5 Å². The zero-order valence-corrected chi connectivity index (χ0v) is 17.9. The van der Waals surface area contributed by atoms with E-state index >= 15 is 4.39 Å². The molecule has 8 nitrogen and oxygen atoms in total. The Morgan fingerprint density at radius 1 is 1.28 bits per heavy atom. The standard InChI is InChI=1S/C23H24FN5O3/c1-11-3-4-17(11)29-23(30)32-18-8-13-7-14(19(24)20(25)16(13)10-27-18)15-9-28-22-21(12(15)2)26-5-6-31-22/h7-11,17,26H,3-6,25H2,1-2H3,(H,29,30). The molecule has 2 unspecified atom stereocenters. The van der Waals surface area contributed by atoms with E-state index in [9.17, 15) is 4.79 Å². The lowest BCUT2D eigenvalue weighted by Crippen LogP contribution is -2.46. The second-order valence-corrected chi connectivity index (χ2v) is 8.34. The Bertz CT molecular complexity index is 1230. The molecule has 4 N–H and O–H groups in total. The fourth-order valence-electron chi connectivity index (χ4n) is 4.18. The molecule has 1 fully saturated rings. The van der Waals surface area contributed by atoms with Crippen molar-refractivity contribution in [2.75, 3.05) is 24.2 Å². The van der Waals surface area contributed by atoms with Crippen LogP contribution in [-0.2, 0) is 0 Å². The van der Waals surface area contributed by atoms with Gasteiger partial charge in [-0.25, -0.2) is 19.2 Å². The first kappa shape index (κ1) is 20.3. The summed E-state index contributed by atoms with van der Waals surface area (Å²) in [5, 5.41) is 7.15. The molecule has 2 aliphatic rings. The fraction of sp³-hybridized carbons (Fsp3) is 0.348. The van der Waals surface area contributed by atoms with Crippen LogP contribution in [0, 0.1) is 18.7 Å². The summed E-state index contributed by atoms with van der Waals surface area (Å²) in [7, 11) is 0. The maximum absolute atomic E-state index is 15.2. The van der Waals surface area contributed by atoms with Crippen LogP contribution in [0.3, 0.4) is 0 Å². The average Bonchev–Trinajstić information content (AvgIpc) is 2.79. The topological polar surface area (TPSA) is 111 Å². The molecule has 2 atom stereocenters. The number of rotatable bonds is 3. The second-order valence-electron chi connectivity index (χ2n) is 8.34. The van der Waals surface area contributed by atoms with Gasteiger partial charge in [0.25, 0.3) is 0 Å². The second kappa shape index (κ2) is 7.81. The highest BCUT2D eigenvalue weighted by Gasteiger charge is 2.29. The Hall–Kier alpha value is -3.62. The molecule has 5 rings (SSSR count). The molecular formula is C23H24FN5O3. The monoisotopic (exact) mass is 437 g/mol. The summed E-state index contributed by atoms with van der Waals surface area (Å²) in [6, 6.07) is 3.37. The van der Waals surface area contributed by atoms with E-state index in [0.717, 1.165) is 24.1 Å². The number of aromatic nitrogens is 2. The zero-order chi connectivity index (χ0) is 22.4. The van der Waals surface area contributed by atoms with Crippen LogP contribution in [0.4, 0.5) is 20.6 Å². The highest BCUT2D eigenvalue weighted by Crippen LogP contribution is 2.39. The molecule has 0 radical (unpaired) electrons. The third-order valence-corrected chi connectivity index (χ3v) is 6.33. The van der Waals surface area contributed by atoms with Crippen molar-refractivity contribution >= 4 is 28.2 Å². The molecule has 1 aliphatic heterocycles. The first-order valence-corrected chi connectivity index (χ1v) is 10.6. The van der Waals surface area contributed by atoms with Gasteiger partial charge in [0.1, 0.15) is 12.3 Å². The van der Waals surface area contributed by atoms with E-state index in [1.54, 1.807) is 18.3 Å². The molecule has 0 saturated heterocycles.